The number of hydrogen-bond acceptors (Lipinski definition) is 4. The number of alkyl halides is 2. The molecule has 2 aromatic rings. The predicted octanol–water partition coefficient (Wildman–Crippen LogP) is 1.85. The van der Waals surface area contributed by atoms with Crippen LogP contribution in [0, 0.1) is 11.3 Å². The number of carbonyl (C=O) groups is 2. The standard InChI is InChI=1S/C18H14F2N4O2/c19-18(20)11-24(15(18)8-21)16(25)10-23-17(26)13-6-7-22-9-14(13)12-4-2-1-3-5-12/h1-7,9,15H,10-11H2,(H,23,26)/t15-/m1/s1. The number of likely N-dealkylation sites (tertiary alicyclic amines) is 1. The second kappa shape index (κ2) is 6.88. The second-order valence-electron chi connectivity index (χ2n) is 5.78. The van der Waals surface area contributed by atoms with Gasteiger partial charge in [-0.25, -0.2) is 8.78 Å². The van der Waals surface area contributed by atoms with Gasteiger partial charge >= 0.3 is 0 Å². The summed E-state index contributed by atoms with van der Waals surface area (Å²) in [5.74, 6) is -4.47. The molecule has 2 amide bonds. The van der Waals surface area contributed by atoms with Crippen LogP contribution in [-0.4, -0.2) is 46.8 Å². The Hall–Kier alpha value is -3.34. The maximum absolute atomic E-state index is 13.2. The molecule has 2 heterocycles. The van der Waals surface area contributed by atoms with Gasteiger partial charge in [-0.1, -0.05) is 30.3 Å². The quantitative estimate of drug-likeness (QED) is 0.906. The van der Waals surface area contributed by atoms with Crippen LogP contribution < -0.4 is 5.32 Å². The van der Waals surface area contributed by atoms with E-state index in [9.17, 15) is 18.4 Å². The number of hydrogen-bond donors (Lipinski definition) is 1. The lowest BCUT2D eigenvalue weighted by Crippen LogP contribution is -2.67. The van der Waals surface area contributed by atoms with Gasteiger partial charge in [-0.2, -0.15) is 5.26 Å². The molecule has 0 bridgehead atoms. The number of nitrogens with zero attached hydrogens (tertiary/aromatic N) is 3. The summed E-state index contributed by atoms with van der Waals surface area (Å²) in [5.41, 5.74) is 1.68. The molecule has 0 aliphatic carbocycles. The molecule has 1 atom stereocenters. The van der Waals surface area contributed by atoms with Crippen molar-refractivity contribution in [2.75, 3.05) is 13.1 Å². The predicted molar refractivity (Wildman–Crippen MR) is 88.1 cm³/mol. The molecule has 26 heavy (non-hydrogen) atoms. The number of nitrogens with one attached hydrogen (secondary N) is 1. The molecule has 1 aliphatic rings. The summed E-state index contributed by atoms with van der Waals surface area (Å²) in [6, 6.07) is 10.2. The molecule has 8 heteroatoms. The van der Waals surface area contributed by atoms with E-state index in [0.717, 1.165) is 10.5 Å². The fourth-order valence-corrected chi connectivity index (χ4v) is 2.71. The van der Waals surface area contributed by atoms with Gasteiger partial charge in [0.25, 0.3) is 11.8 Å². The first-order valence-electron chi connectivity index (χ1n) is 7.78. The van der Waals surface area contributed by atoms with Crippen LogP contribution in [0.25, 0.3) is 11.1 Å². The van der Waals surface area contributed by atoms with Crippen molar-refractivity contribution in [2.24, 2.45) is 0 Å². The van der Waals surface area contributed by atoms with E-state index in [2.05, 4.69) is 10.3 Å². The van der Waals surface area contributed by atoms with E-state index in [1.807, 2.05) is 30.3 Å². The maximum atomic E-state index is 13.2. The van der Waals surface area contributed by atoms with Crippen LogP contribution in [-0.2, 0) is 4.79 Å². The van der Waals surface area contributed by atoms with E-state index in [0.29, 0.717) is 11.1 Å². The Morgan fingerprint density at radius 2 is 2.04 bits per heavy atom. The maximum Gasteiger partial charge on any atom is 0.298 e. The van der Waals surface area contributed by atoms with Gasteiger partial charge in [0.05, 0.1) is 24.7 Å². The molecule has 3 rings (SSSR count). The van der Waals surface area contributed by atoms with Gasteiger partial charge in [-0.3, -0.25) is 14.6 Å². The van der Waals surface area contributed by atoms with Gasteiger partial charge in [-0.15, -0.1) is 0 Å². The highest BCUT2D eigenvalue weighted by molar-refractivity contribution is 6.02. The van der Waals surface area contributed by atoms with E-state index in [1.54, 1.807) is 0 Å². The zero-order chi connectivity index (χ0) is 18.7. The molecule has 0 spiro atoms. The first kappa shape index (κ1) is 17.5. The summed E-state index contributed by atoms with van der Waals surface area (Å²) in [6.07, 6.45) is 2.98. The van der Waals surface area contributed by atoms with Crippen LogP contribution in [0.15, 0.2) is 48.8 Å². The Bertz CT molecular complexity index is 880. The summed E-state index contributed by atoms with van der Waals surface area (Å²) >= 11 is 0. The Morgan fingerprint density at radius 3 is 2.69 bits per heavy atom. The van der Waals surface area contributed by atoms with Crippen molar-refractivity contribution in [3.8, 4) is 17.2 Å². The minimum Gasteiger partial charge on any atom is -0.343 e. The van der Waals surface area contributed by atoms with Crippen molar-refractivity contribution in [2.45, 2.75) is 12.0 Å². The van der Waals surface area contributed by atoms with E-state index < -0.39 is 36.9 Å². The van der Waals surface area contributed by atoms with Gasteiger partial charge < -0.3 is 10.2 Å². The van der Waals surface area contributed by atoms with Crippen molar-refractivity contribution in [3.63, 3.8) is 0 Å². The van der Waals surface area contributed by atoms with Crippen molar-refractivity contribution >= 4 is 11.8 Å². The molecule has 1 aliphatic heterocycles. The topological polar surface area (TPSA) is 86.1 Å². The Kier molecular flexibility index (Phi) is 4.63. The Morgan fingerprint density at radius 1 is 1.31 bits per heavy atom. The fraction of sp³-hybridized carbons (Fsp3) is 0.222. The summed E-state index contributed by atoms with van der Waals surface area (Å²) in [7, 11) is 0. The zero-order valence-corrected chi connectivity index (χ0v) is 13.5. The van der Waals surface area contributed by atoms with Gasteiger partial charge in [0.1, 0.15) is 0 Å². The number of halogens is 2. The smallest absolute Gasteiger partial charge is 0.298 e. The van der Waals surface area contributed by atoms with Crippen LogP contribution >= 0.6 is 0 Å². The van der Waals surface area contributed by atoms with Crippen molar-refractivity contribution in [3.05, 3.63) is 54.4 Å². The summed E-state index contributed by atoms with van der Waals surface area (Å²) in [5, 5.41) is 11.2. The van der Waals surface area contributed by atoms with E-state index >= 15 is 0 Å². The van der Waals surface area contributed by atoms with E-state index in [-0.39, 0.29) is 0 Å². The average molecular weight is 356 g/mol. The van der Waals surface area contributed by atoms with Crippen molar-refractivity contribution < 1.29 is 18.4 Å². The normalized spacial score (nSPS) is 17.7. The molecule has 6 nitrogen and oxygen atoms in total. The molecule has 0 saturated carbocycles. The summed E-state index contributed by atoms with van der Waals surface area (Å²) in [4.78, 5) is 29.2. The number of amides is 2. The molecule has 132 valence electrons. The highest BCUT2D eigenvalue weighted by atomic mass is 19.3. The number of benzene rings is 1. The molecular formula is C18H14F2N4O2. The van der Waals surface area contributed by atoms with Gasteiger partial charge in [-0.05, 0) is 11.6 Å². The van der Waals surface area contributed by atoms with Crippen molar-refractivity contribution in [1.82, 2.24) is 15.2 Å². The monoisotopic (exact) mass is 356 g/mol. The fourth-order valence-electron chi connectivity index (χ4n) is 2.71. The first-order valence-corrected chi connectivity index (χ1v) is 7.78. The van der Waals surface area contributed by atoms with Gasteiger partial charge in [0.2, 0.25) is 5.91 Å². The summed E-state index contributed by atoms with van der Waals surface area (Å²) in [6.45, 7) is -1.28. The largest absolute Gasteiger partial charge is 0.343 e. The van der Waals surface area contributed by atoms with E-state index in [4.69, 9.17) is 5.26 Å². The summed E-state index contributed by atoms with van der Waals surface area (Å²) < 4.78 is 26.4. The number of carbonyl (C=O) groups excluding carboxylic acids is 2. The number of nitriles is 1. The number of pyridine rings is 1. The first-order chi connectivity index (χ1) is 12.4. The third-order valence-electron chi connectivity index (χ3n) is 4.09. The molecule has 1 N–H and O–H groups in total. The second-order valence-corrected chi connectivity index (χ2v) is 5.78. The van der Waals surface area contributed by atoms with Crippen molar-refractivity contribution in [1.29, 1.82) is 5.26 Å². The Labute approximate surface area is 148 Å². The molecule has 1 aromatic heterocycles. The molecule has 1 fully saturated rings. The lowest BCUT2D eigenvalue weighted by Gasteiger charge is -2.43. The van der Waals surface area contributed by atoms with Crippen LogP contribution in [0.4, 0.5) is 8.78 Å². The molecule has 1 aromatic carbocycles. The minimum atomic E-state index is -3.21. The minimum absolute atomic E-state index is 0.310. The molecule has 0 unspecified atom stereocenters. The van der Waals surface area contributed by atoms with E-state index in [1.165, 1.54) is 24.5 Å². The van der Waals surface area contributed by atoms with Crippen LogP contribution in [0.1, 0.15) is 10.4 Å². The zero-order valence-electron chi connectivity index (χ0n) is 13.5. The Balaban J connectivity index is 1.69. The average Bonchev–Trinajstić information content (AvgIpc) is 2.65. The molecular weight excluding hydrogens is 342 g/mol. The van der Waals surface area contributed by atoms with Crippen LogP contribution in [0.2, 0.25) is 0 Å². The third kappa shape index (κ3) is 3.24. The highest BCUT2D eigenvalue weighted by Gasteiger charge is 2.57. The third-order valence-corrected chi connectivity index (χ3v) is 4.09. The lowest BCUT2D eigenvalue weighted by molar-refractivity contribution is -0.180. The highest BCUT2D eigenvalue weighted by Crippen LogP contribution is 2.34. The van der Waals surface area contributed by atoms with Gasteiger partial charge in [0, 0.05) is 18.0 Å². The number of rotatable bonds is 4. The SMILES string of the molecule is N#C[C@H]1N(C(=O)CNC(=O)c2ccncc2-c2ccccc2)CC1(F)F. The molecule has 1 saturated heterocycles. The number of aromatic nitrogens is 1. The lowest BCUT2D eigenvalue weighted by atomic mass is 9.99. The van der Waals surface area contributed by atoms with Gasteiger partial charge in [0.15, 0.2) is 6.04 Å². The van der Waals surface area contributed by atoms with Crippen LogP contribution in [0.5, 0.6) is 0 Å². The van der Waals surface area contributed by atoms with Crippen LogP contribution in [0.3, 0.4) is 0 Å². The molecule has 0 radical (unpaired) electrons.